The van der Waals surface area contributed by atoms with Gasteiger partial charge in [0.15, 0.2) is 0 Å². The molecule has 1 aliphatic rings. The molecule has 1 unspecified atom stereocenters. The van der Waals surface area contributed by atoms with Crippen molar-refractivity contribution in [1.82, 2.24) is 14.8 Å². The van der Waals surface area contributed by atoms with Gasteiger partial charge in [0, 0.05) is 17.9 Å². The van der Waals surface area contributed by atoms with Crippen molar-refractivity contribution in [2.45, 2.75) is 159 Å². The maximum Gasteiger partial charge on any atom is 0.138 e. The number of hydrogen-bond donors (Lipinski definition) is 1. The monoisotopic (exact) mass is 577 g/mol. The quantitative estimate of drug-likeness (QED) is 0.105. The average Bonchev–Trinajstić information content (AvgIpc) is 3.55. The smallest absolute Gasteiger partial charge is 0.138 e. The molecular formula is C33H53Cl2N3O. The summed E-state index contributed by atoms with van der Waals surface area (Å²) in [5.41, 5.74) is -0.195. The predicted molar refractivity (Wildman–Crippen MR) is 166 cm³/mol. The fourth-order valence-corrected chi connectivity index (χ4v) is 6.18. The number of halogens is 2. The van der Waals surface area contributed by atoms with Crippen LogP contribution in [0.5, 0.6) is 0 Å². The molecular weight excluding hydrogens is 525 g/mol. The maximum absolute atomic E-state index is 11.7. The Balaban J connectivity index is 1.25. The minimum atomic E-state index is -1.11. The van der Waals surface area contributed by atoms with Gasteiger partial charge in [-0.1, -0.05) is 139 Å². The number of aliphatic hydroxyl groups is 1. The van der Waals surface area contributed by atoms with Gasteiger partial charge in [0.25, 0.3) is 0 Å². The summed E-state index contributed by atoms with van der Waals surface area (Å²) in [4.78, 5) is 3.89. The van der Waals surface area contributed by atoms with Crippen molar-refractivity contribution in [2.75, 3.05) is 0 Å². The molecule has 0 spiro atoms. The van der Waals surface area contributed by atoms with Gasteiger partial charge in [-0.15, -0.1) is 11.6 Å². The lowest BCUT2D eigenvalue weighted by atomic mass is 9.89. The number of aromatic nitrogens is 3. The van der Waals surface area contributed by atoms with Crippen molar-refractivity contribution < 1.29 is 5.11 Å². The minimum Gasteiger partial charge on any atom is -0.386 e. The third-order valence-electron chi connectivity index (χ3n) is 8.57. The predicted octanol–water partition coefficient (Wildman–Crippen LogP) is 9.87. The summed E-state index contributed by atoms with van der Waals surface area (Å²) in [5, 5.41) is 16.8. The molecule has 1 aromatic carbocycles. The molecule has 3 rings (SSSR count). The van der Waals surface area contributed by atoms with Crippen molar-refractivity contribution in [2.24, 2.45) is 0 Å². The zero-order valence-corrected chi connectivity index (χ0v) is 26.0. The first kappa shape index (κ1) is 32.4. The molecule has 39 heavy (non-hydrogen) atoms. The highest BCUT2D eigenvalue weighted by Gasteiger charge is 2.58. The van der Waals surface area contributed by atoms with Crippen molar-refractivity contribution >= 4 is 23.2 Å². The van der Waals surface area contributed by atoms with Crippen LogP contribution in [0.4, 0.5) is 0 Å². The van der Waals surface area contributed by atoms with E-state index < -0.39 is 10.5 Å². The molecule has 0 aliphatic heterocycles. The van der Waals surface area contributed by atoms with Gasteiger partial charge in [-0.3, -0.25) is 0 Å². The third-order valence-corrected chi connectivity index (χ3v) is 9.67. The standard InChI is InChI=1S/C33H53Cl2N3O/c1-2-3-4-5-6-7-8-9-10-11-12-13-14-15-16-17-18-23-31-36-28-37-38(31)27-33(39,32(35)24-25-32)26-29-21-19-20-22-30(29)34/h19-22,28,39H,2-18,23-27H2,1H3. The lowest BCUT2D eigenvalue weighted by Gasteiger charge is -2.33. The normalized spacial score (nSPS) is 15.9. The molecule has 1 saturated carbocycles. The van der Waals surface area contributed by atoms with Gasteiger partial charge in [0.2, 0.25) is 0 Å². The second kappa shape index (κ2) is 17.7. The average molecular weight is 579 g/mol. The van der Waals surface area contributed by atoms with Crippen LogP contribution in [0.25, 0.3) is 0 Å². The molecule has 0 bridgehead atoms. The first-order valence-electron chi connectivity index (χ1n) is 16.0. The van der Waals surface area contributed by atoms with E-state index in [2.05, 4.69) is 17.0 Å². The number of unbranched alkanes of at least 4 members (excludes halogenated alkanes) is 16. The number of alkyl halides is 1. The lowest BCUT2D eigenvalue weighted by molar-refractivity contribution is 0.00684. The zero-order valence-electron chi connectivity index (χ0n) is 24.5. The van der Waals surface area contributed by atoms with E-state index in [0.29, 0.717) is 18.0 Å². The van der Waals surface area contributed by atoms with Crippen LogP contribution < -0.4 is 0 Å². The molecule has 1 aliphatic carbocycles. The van der Waals surface area contributed by atoms with Gasteiger partial charge in [-0.2, -0.15) is 5.10 Å². The molecule has 0 amide bonds. The van der Waals surface area contributed by atoms with Gasteiger partial charge < -0.3 is 5.11 Å². The summed E-state index contributed by atoms with van der Waals surface area (Å²) in [7, 11) is 0. The van der Waals surface area contributed by atoms with Crippen molar-refractivity contribution in [1.29, 1.82) is 0 Å². The highest BCUT2D eigenvalue weighted by molar-refractivity contribution is 6.31. The number of hydrogen-bond acceptors (Lipinski definition) is 3. The fourth-order valence-electron chi connectivity index (χ4n) is 5.76. The van der Waals surface area contributed by atoms with E-state index in [1.807, 2.05) is 28.9 Å². The Morgan fingerprint density at radius 1 is 0.821 bits per heavy atom. The molecule has 1 fully saturated rings. The van der Waals surface area contributed by atoms with Crippen molar-refractivity contribution in [3.63, 3.8) is 0 Å². The molecule has 220 valence electrons. The van der Waals surface area contributed by atoms with Gasteiger partial charge >= 0.3 is 0 Å². The zero-order chi connectivity index (χ0) is 27.8. The summed E-state index contributed by atoms with van der Waals surface area (Å²) in [6, 6.07) is 7.70. The summed E-state index contributed by atoms with van der Waals surface area (Å²) in [5.74, 6) is 0.939. The van der Waals surface area contributed by atoms with Crippen LogP contribution in [-0.4, -0.2) is 30.3 Å². The molecule has 0 saturated heterocycles. The minimum absolute atomic E-state index is 0.343. The van der Waals surface area contributed by atoms with Gasteiger partial charge in [-0.25, -0.2) is 9.67 Å². The molecule has 1 N–H and O–H groups in total. The van der Waals surface area contributed by atoms with Gasteiger partial charge in [0.05, 0.1) is 11.4 Å². The topological polar surface area (TPSA) is 50.9 Å². The van der Waals surface area contributed by atoms with E-state index in [9.17, 15) is 5.11 Å². The molecule has 6 heteroatoms. The first-order valence-corrected chi connectivity index (χ1v) is 16.7. The van der Waals surface area contributed by atoms with Crippen molar-refractivity contribution in [3.05, 3.63) is 47.0 Å². The third kappa shape index (κ3) is 11.4. The van der Waals surface area contributed by atoms with Gasteiger partial charge in [0.1, 0.15) is 17.8 Å². The Morgan fingerprint density at radius 3 is 1.85 bits per heavy atom. The van der Waals surface area contributed by atoms with Crippen LogP contribution in [0, 0.1) is 0 Å². The van der Waals surface area contributed by atoms with Crippen LogP contribution in [0.2, 0.25) is 5.02 Å². The Morgan fingerprint density at radius 2 is 1.33 bits per heavy atom. The number of benzene rings is 1. The van der Waals surface area contributed by atoms with E-state index in [0.717, 1.165) is 37.1 Å². The van der Waals surface area contributed by atoms with Crippen LogP contribution >= 0.6 is 23.2 Å². The fraction of sp³-hybridized carbons (Fsp3) is 0.758. The number of nitrogens with zero attached hydrogens (tertiary/aromatic N) is 3. The van der Waals surface area contributed by atoms with E-state index in [1.54, 1.807) is 6.33 Å². The summed E-state index contributed by atoms with van der Waals surface area (Å²) >= 11 is 13.2. The Kier molecular flexibility index (Phi) is 14.7. The Hall–Kier alpha value is -1.10. The summed E-state index contributed by atoms with van der Waals surface area (Å²) in [6.45, 7) is 2.63. The van der Waals surface area contributed by atoms with Crippen molar-refractivity contribution in [3.8, 4) is 0 Å². The van der Waals surface area contributed by atoms with Crippen LogP contribution in [-0.2, 0) is 19.4 Å². The largest absolute Gasteiger partial charge is 0.386 e. The van der Waals surface area contributed by atoms with E-state index in [4.69, 9.17) is 23.2 Å². The highest BCUT2D eigenvalue weighted by Crippen LogP contribution is 2.53. The number of aryl methyl sites for hydroxylation is 1. The number of rotatable bonds is 23. The maximum atomic E-state index is 11.7. The van der Waals surface area contributed by atoms with Crippen LogP contribution in [0.3, 0.4) is 0 Å². The molecule has 1 aromatic heterocycles. The van der Waals surface area contributed by atoms with Gasteiger partial charge in [-0.05, 0) is 30.9 Å². The van der Waals surface area contributed by atoms with E-state index in [-0.39, 0.29) is 0 Å². The summed E-state index contributed by atoms with van der Waals surface area (Å²) < 4.78 is 1.87. The lowest BCUT2D eigenvalue weighted by Crippen LogP contribution is -2.47. The second-order valence-electron chi connectivity index (χ2n) is 12.0. The van der Waals surface area contributed by atoms with Crippen LogP contribution in [0.15, 0.2) is 30.6 Å². The Labute approximate surface area is 248 Å². The molecule has 0 radical (unpaired) electrons. The molecule has 2 aromatic rings. The van der Waals surface area contributed by atoms with Crippen LogP contribution in [0.1, 0.15) is 140 Å². The first-order chi connectivity index (χ1) is 19.0. The molecule has 1 atom stereocenters. The highest BCUT2D eigenvalue weighted by atomic mass is 35.5. The summed E-state index contributed by atoms with van der Waals surface area (Å²) in [6.07, 6.45) is 27.8. The van der Waals surface area contributed by atoms with E-state index >= 15 is 0 Å². The molecule has 1 heterocycles. The SMILES string of the molecule is CCCCCCCCCCCCCCCCCCCc1ncnn1CC(O)(Cc1ccccc1Cl)C1(Cl)CC1. The molecule has 4 nitrogen and oxygen atoms in total. The second-order valence-corrected chi connectivity index (χ2v) is 13.1. The Bertz CT molecular complexity index is 929. The van der Waals surface area contributed by atoms with E-state index in [1.165, 1.54) is 103 Å².